The van der Waals surface area contributed by atoms with Crippen LogP contribution in [0.5, 0.6) is 0 Å². The van der Waals surface area contributed by atoms with Crippen LogP contribution in [-0.2, 0) is 11.8 Å². The standard InChI is InChI=1S/C34H28N2/c1-4-32-35-30-21-27(20-29-33(30)36(32)31-12-8-7-11-28(31)34(29,2)3)24-15-13-23(14-16-24)26-18-17-22-9-5-6-10-25(22)19-26/h5-21H,4H2,1-3H3. The Morgan fingerprint density at radius 1 is 0.639 bits per heavy atom. The Hall–Kier alpha value is -4.17. The summed E-state index contributed by atoms with van der Waals surface area (Å²) in [6.07, 6.45) is 0.901. The molecule has 0 fully saturated rings. The van der Waals surface area contributed by atoms with E-state index < -0.39 is 0 Å². The highest BCUT2D eigenvalue weighted by Crippen LogP contribution is 2.46. The van der Waals surface area contributed by atoms with Crippen molar-refractivity contribution in [2.45, 2.75) is 32.6 Å². The summed E-state index contributed by atoms with van der Waals surface area (Å²) in [6.45, 7) is 6.88. The lowest BCUT2D eigenvalue weighted by molar-refractivity contribution is 0.625. The number of benzene rings is 5. The number of fused-ring (bicyclic) bond motifs is 3. The van der Waals surface area contributed by atoms with Crippen molar-refractivity contribution in [3.63, 3.8) is 0 Å². The molecule has 2 heterocycles. The van der Waals surface area contributed by atoms with Crippen LogP contribution >= 0.6 is 0 Å². The van der Waals surface area contributed by atoms with Crippen LogP contribution in [-0.4, -0.2) is 9.55 Å². The lowest BCUT2D eigenvalue weighted by atomic mass is 9.74. The molecule has 0 saturated heterocycles. The van der Waals surface area contributed by atoms with Crippen LogP contribution in [0.3, 0.4) is 0 Å². The van der Waals surface area contributed by atoms with Gasteiger partial charge in [-0.25, -0.2) is 4.98 Å². The molecule has 0 unspecified atom stereocenters. The minimum Gasteiger partial charge on any atom is -0.296 e. The van der Waals surface area contributed by atoms with E-state index >= 15 is 0 Å². The molecule has 0 radical (unpaired) electrons. The monoisotopic (exact) mass is 464 g/mol. The zero-order valence-corrected chi connectivity index (χ0v) is 20.9. The van der Waals surface area contributed by atoms with Crippen molar-refractivity contribution in [1.29, 1.82) is 0 Å². The van der Waals surface area contributed by atoms with Gasteiger partial charge in [0, 0.05) is 11.8 Å². The molecule has 0 spiro atoms. The second kappa shape index (κ2) is 7.66. The fourth-order valence-corrected chi connectivity index (χ4v) is 5.96. The van der Waals surface area contributed by atoms with Gasteiger partial charge >= 0.3 is 0 Å². The Morgan fingerprint density at radius 2 is 1.31 bits per heavy atom. The van der Waals surface area contributed by atoms with Gasteiger partial charge in [-0.1, -0.05) is 99.6 Å². The molecule has 0 amide bonds. The highest BCUT2D eigenvalue weighted by molar-refractivity contribution is 5.91. The smallest absolute Gasteiger partial charge is 0.114 e. The van der Waals surface area contributed by atoms with Gasteiger partial charge in [0.2, 0.25) is 0 Å². The van der Waals surface area contributed by atoms with E-state index in [9.17, 15) is 0 Å². The first-order chi connectivity index (χ1) is 17.5. The van der Waals surface area contributed by atoms with E-state index in [-0.39, 0.29) is 5.41 Å². The predicted molar refractivity (Wildman–Crippen MR) is 151 cm³/mol. The summed E-state index contributed by atoms with van der Waals surface area (Å²) in [7, 11) is 0. The van der Waals surface area contributed by atoms with Gasteiger partial charge in [0.25, 0.3) is 0 Å². The summed E-state index contributed by atoms with van der Waals surface area (Å²) >= 11 is 0. The number of hydrogen-bond donors (Lipinski definition) is 0. The molecule has 1 aliphatic rings. The first-order valence-electron chi connectivity index (χ1n) is 12.8. The van der Waals surface area contributed by atoms with Gasteiger partial charge < -0.3 is 0 Å². The van der Waals surface area contributed by atoms with Crippen LogP contribution in [0.1, 0.15) is 37.7 Å². The van der Waals surface area contributed by atoms with Crippen LogP contribution < -0.4 is 0 Å². The highest BCUT2D eigenvalue weighted by Gasteiger charge is 2.35. The van der Waals surface area contributed by atoms with Crippen LogP contribution in [0.2, 0.25) is 0 Å². The van der Waals surface area contributed by atoms with Gasteiger partial charge in [-0.15, -0.1) is 0 Å². The molecule has 2 nitrogen and oxygen atoms in total. The van der Waals surface area contributed by atoms with Gasteiger partial charge in [0.05, 0.1) is 16.7 Å². The maximum absolute atomic E-state index is 5.11. The van der Waals surface area contributed by atoms with Gasteiger partial charge in [-0.05, 0) is 68.4 Å². The van der Waals surface area contributed by atoms with Crippen molar-refractivity contribution in [2.24, 2.45) is 0 Å². The fourth-order valence-electron chi connectivity index (χ4n) is 5.96. The van der Waals surface area contributed by atoms with Gasteiger partial charge in [0.15, 0.2) is 0 Å². The molecule has 0 N–H and O–H groups in total. The summed E-state index contributed by atoms with van der Waals surface area (Å²) < 4.78 is 2.39. The Bertz CT molecular complexity index is 1780. The summed E-state index contributed by atoms with van der Waals surface area (Å²) in [5.41, 5.74) is 11.1. The molecule has 5 aromatic carbocycles. The highest BCUT2D eigenvalue weighted by atomic mass is 15.1. The molecule has 0 aliphatic carbocycles. The third-order valence-corrected chi connectivity index (χ3v) is 7.93. The summed E-state index contributed by atoms with van der Waals surface area (Å²) in [5, 5.41) is 2.55. The number of imidazole rings is 1. The van der Waals surface area contributed by atoms with E-state index in [0.717, 1.165) is 17.8 Å². The molecule has 1 aromatic heterocycles. The molecule has 2 heteroatoms. The third kappa shape index (κ3) is 3.01. The van der Waals surface area contributed by atoms with E-state index in [1.54, 1.807) is 0 Å². The minimum absolute atomic E-state index is 0.100. The Balaban J connectivity index is 1.37. The Morgan fingerprint density at radius 3 is 2.08 bits per heavy atom. The van der Waals surface area contributed by atoms with Crippen LogP contribution in [0.4, 0.5) is 0 Å². The Kier molecular flexibility index (Phi) is 4.50. The zero-order chi connectivity index (χ0) is 24.4. The summed E-state index contributed by atoms with van der Waals surface area (Å²) in [4.78, 5) is 5.11. The number of rotatable bonds is 3. The second-order valence-corrected chi connectivity index (χ2v) is 10.4. The minimum atomic E-state index is -0.100. The number of nitrogens with zero attached hydrogens (tertiary/aromatic N) is 2. The lowest BCUT2D eigenvalue weighted by Gasteiger charge is -2.34. The normalized spacial score (nSPS) is 13.8. The van der Waals surface area contributed by atoms with E-state index in [0.29, 0.717) is 0 Å². The SMILES string of the molecule is CCc1nc2cc(-c3ccc(-c4ccc5ccccc5c4)cc3)cc3c2n1-c1ccccc1C3(C)C. The number of aryl methyl sites for hydroxylation is 1. The molecule has 36 heavy (non-hydrogen) atoms. The Labute approximate surface area is 211 Å². The molecule has 0 atom stereocenters. The number of hydrogen-bond acceptors (Lipinski definition) is 1. The first-order valence-corrected chi connectivity index (χ1v) is 12.8. The number of para-hydroxylation sites is 1. The summed E-state index contributed by atoms with van der Waals surface area (Å²) in [5.74, 6) is 1.12. The van der Waals surface area contributed by atoms with Crippen LogP contribution in [0.15, 0.2) is 103 Å². The predicted octanol–water partition coefficient (Wildman–Crippen LogP) is 8.71. The van der Waals surface area contributed by atoms with Gasteiger partial charge in [-0.2, -0.15) is 0 Å². The third-order valence-electron chi connectivity index (χ3n) is 7.93. The zero-order valence-electron chi connectivity index (χ0n) is 20.9. The van der Waals surface area contributed by atoms with Crippen molar-refractivity contribution >= 4 is 21.8 Å². The molecule has 0 saturated carbocycles. The first kappa shape index (κ1) is 21.1. The maximum atomic E-state index is 5.11. The largest absolute Gasteiger partial charge is 0.296 e. The van der Waals surface area contributed by atoms with E-state index in [1.807, 2.05) is 0 Å². The number of aromatic nitrogens is 2. The molecule has 174 valence electrons. The van der Waals surface area contributed by atoms with Crippen LogP contribution in [0, 0.1) is 0 Å². The van der Waals surface area contributed by atoms with Crippen LogP contribution in [0.25, 0.3) is 49.7 Å². The maximum Gasteiger partial charge on any atom is 0.114 e. The fraction of sp³-hybridized carbons (Fsp3) is 0.147. The average molecular weight is 465 g/mol. The average Bonchev–Trinajstić information content (AvgIpc) is 3.30. The van der Waals surface area contributed by atoms with E-state index in [4.69, 9.17) is 4.98 Å². The van der Waals surface area contributed by atoms with Crippen molar-refractivity contribution < 1.29 is 0 Å². The molecule has 0 bridgehead atoms. The quantitative estimate of drug-likeness (QED) is 0.256. The van der Waals surface area contributed by atoms with Crippen molar-refractivity contribution in [3.8, 4) is 27.9 Å². The van der Waals surface area contributed by atoms with Gasteiger partial charge in [0.1, 0.15) is 5.82 Å². The second-order valence-electron chi connectivity index (χ2n) is 10.4. The molecule has 7 rings (SSSR count). The van der Waals surface area contributed by atoms with Crippen molar-refractivity contribution in [2.75, 3.05) is 0 Å². The van der Waals surface area contributed by atoms with E-state index in [1.165, 1.54) is 55.4 Å². The molecular formula is C34H28N2. The van der Waals surface area contributed by atoms with E-state index in [2.05, 4.69) is 128 Å². The summed E-state index contributed by atoms with van der Waals surface area (Å²) in [6, 6.07) is 37.7. The van der Waals surface area contributed by atoms with Crippen molar-refractivity contribution in [1.82, 2.24) is 9.55 Å². The van der Waals surface area contributed by atoms with Crippen molar-refractivity contribution in [3.05, 3.63) is 120 Å². The molecule has 6 aromatic rings. The molecular weight excluding hydrogens is 436 g/mol. The topological polar surface area (TPSA) is 17.8 Å². The molecule has 1 aliphatic heterocycles. The van der Waals surface area contributed by atoms with Gasteiger partial charge in [-0.3, -0.25) is 4.57 Å². The lowest BCUT2D eigenvalue weighted by Crippen LogP contribution is -2.26.